The summed E-state index contributed by atoms with van der Waals surface area (Å²) in [5, 5.41) is 3.13. The summed E-state index contributed by atoms with van der Waals surface area (Å²) in [7, 11) is 1.60. The second-order valence-corrected chi connectivity index (χ2v) is 5.15. The fourth-order valence-corrected chi connectivity index (χ4v) is 3.16. The largest absolute Gasteiger partial charge is 0.380 e. The highest BCUT2D eigenvalue weighted by atomic mass is 16.5. The molecule has 4 heteroatoms. The smallest absolute Gasteiger partial charge is 0.222 e. The van der Waals surface area contributed by atoms with Gasteiger partial charge in [-0.2, -0.15) is 0 Å². The molecule has 2 bridgehead atoms. The molecular weight excluding hydrogens is 204 g/mol. The van der Waals surface area contributed by atoms with E-state index >= 15 is 0 Å². The molecule has 2 fully saturated rings. The monoisotopic (exact) mass is 226 g/mol. The Hall–Kier alpha value is -0.610. The van der Waals surface area contributed by atoms with Gasteiger partial charge in [-0.05, 0) is 31.1 Å². The minimum absolute atomic E-state index is 0.0925. The van der Waals surface area contributed by atoms with E-state index < -0.39 is 0 Å². The van der Waals surface area contributed by atoms with E-state index in [-0.39, 0.29) is 12.0 Å². The fraction of sp³-hybridized carbons (Fsp3) is 0.917. The average molecular weight is 226 g/mol. The highest BCUT2D eigenvalue weighted by molar-refractivity contribution is 5.76. The van der Waals surface area contributed by atoms with E-state index in [1.54, 1.807) is 7.11 Å². The van der Waals surface area contributed by atoms with E-state index in [1.807, 2.05) is 0 Å². The number of nitrogens with two attached hydrogens (primary N) is 1. The van der Waals surface area contributed by atoms with Crippen LogP contribution < -0.4 is 11.1 Å². The van der Waals surface area contributed by atoms with Crippen LogP contribution in [-0.4, -0.2) is 31.7 Å². The predicted octanol–water partition coefficient (Wildman–Crippen LogP) is 0.655. The van der Waals surface area contributed by atoms with Crippen LogP contribution in [0.25, 0.3) is 0 Å². The van der Waals surface area contributed by atoms with Crippen molar-refractivity contribution in [3.8, 4) is 0 Å². The third kappa shape index (κ3) is 2.55. The Bertz CT molecular complexity index is 253. The quantitative estimate of drug-likeness (QED) is 0.723. The molecule has 4 atom stereocenters. The SMILES string of the molecule is COC(CN)CC(=O)NC1CC2CCC1C2. The van der Waals surface area contributed by atoms with Gasteiger partial charge in [-0.1, -0.05) is 6.42 Å². The van der Waals surface area contributed by atoms with Crippen molar-refractivity contribution in [1.82, 2.24) is 5.32 Å². The summed E-state index contributed by atoms with van der Waals surface area (Å²) in [6, 6.07) is 0.418. The van der Waals surface area contributed by atoms with Crippen molar-refractivity contribution >= 4 is 5.91 Å². The van der Waals surface area contributed by atoms with Crippen molar-refractivity contribution in [2.75, 3.05) is 13.7 Å². The van der Waals surface area contributed by atoms with Crippen LogP contribution in [0.3, 0.4) is 0 Å². The van der Waals surface area contributed by atoms with Gasteiger partial charge in [0.15, 0.2) is 0 Å². The van der Waals surface area contributed by atoms with E-state index in [0.29, 0.717) is 19.0 Å². The van der Waals surface area contributed by atoms with Gasteiger partial charge in [-0.25, -0.2) is 0 Å². The van der Waals surface area contributed by atoms with E-state index in [2.05, 4.69) is 5.32 Å². The van der Waals surface area contributed by atoms with E-state index in [0.717, 1.165) is 11.8 Å². The summed E-state index contributed by atoms with van der Waals surface area (Å²) in [5.41, 5.74) is 5.50. The third-order valence-electron chi connectivity index (χ3n) is 4.09. The zero-order valence-corrected chi connectivity index (χ0v) is 9.95. The average Bonchev–Trinajstić information content (AvgIpc) is 2.87. The topological polar surface area (TPSA) is 64.3 Å². The summed E-state index contributed by atoms with van der Waals surface area (Å²) >= 11 is 0. The summed E-state index contributed by atoms with van der Waals surface area (Å²) in [6.45, 7) is 0.403. The molecule has 0 aromatic heterocycles. The summed E-state index contributed by atoms with van der Waals surface area (Å²) in [6.07, 6.45) is 5.40. The first kappa shape index (κ1) is 11.9. The number of amides is 1. The molecule has 0 radical (unpaired) electrons. The molecule has 0 spiro atoms. The molecule has 0 aliphatic heterocycles. The first-order valence-corrected chi connectivity index (χ1v) is 6.25. The number of ether oxygens (including phenoxy) is 1. The Labute approximate surface area is 96.9 Å². The highest BCUT2D eigenvalue weighted by Crippen LogP contribution is 2.44. The van der Waals surface area contributed by atoms with Crippen LogP contribution in [0.5, 0.6) is 0 Å². The molecule has 16 heavy (non-hydrogen) atoms. The molecule has 2 aliphatic carbocycles. The molecule has 0 saturated heterocycles. The molecule has 4 unspecified atom stereocenters. The standard InChI is InChI=1S/C12H22N2O2/c1-16-10(7-13)6-12(15)14-11-5-8-2-3-9(11)4-8/h8-11H,2-7,13H2,1H3,(H,14,15). The molecule has 0 aromatic rings. The molecule has 2 saturated carbocycles. The third-order valence-corrected chi connectivity index (χ3v) is 4.09. The molecule has 3 N–H and O–H groups in total. The second kappa shape index (κ2) is 5.15. The molecule has 4 nitrogen and oxygen atoms in total. The van der Waals surface area contributed by atoms with Crippen LogP contribution in [0, 0.1) is 11.8 Å². The van der Waals surface area contributed by atoms with Crippen LogP contribution in [0.4, 0.5) is 0 Å². The van der Waals surface area contributed by atoms with E-state index in [1.165, 1.54) is 25.7 Å². The van der Waals surface area contributed by atoms with Gasteiger partial charge in [0.2, 0.25) is 5.91 Å². The summed E-state index contributed by atoms with van der Waals surface area (Å²) in [5.74, 6) is 1.69. The molecule has 2 rings (SSSR count). The van der Waals surface area contributed by atoms with E-state index in [4.69, 9.17) is 10.5 Å². The van der Waals surface area contributed by atoms with Crippen LogP contribution in [0.15, 0.2) is 0 Å². The zero-order valence-electron chi connectivity index (χ0n) is 9.95. The lowest BCUT2D eigenvalue weighted by Gasteiger charge is -2.23. The van der Waals surface area contributed by atoms with Crippen molar-refractivity contribution < 1.29 is 9.53 Å². The van der Waals surface area contributed by atoms with Crippen LogP contribution in [-0.2, 0) is 9.53 Å². The van der Waals surface area contributed by atoms with Crippen molar-refractivity contribution in [2.45, 2.75) is 44.2 Å². The van der Waals surface area contributed by atoms with Crippen LogP contribution in [0.2, 0.25) is 0 Å². The number of nitrogens with one attached hydrogen (secondary N) is 1. The lowest BCUT2D eigenvalue weighted by molar-refractivity contribution is -0.124. The van der Waals surface area contributed by atoms with Gasteiger partial charge in [-0.3, -0.25) is 4.79 Å². The highest BCUT2D eigenvalue weighted by Gasteiger charge is 2.40. The predicted molar refractivity (Wildman–Crippen MR) is 61.8 cm³/mol. The number of fused-ring (bicyclic) bond motifs is 2. The molecule has 0 aromatic carbocycles. The Morgan fingerprint density at radius 1 is 1.50 bits per heavy atom. The van der Waals surface area contributed by atoms with E-state index in [9.17, 15) is 4.79 Å². The first-order valence-electron chi connectivity index (χ1n) is 6.25. The lowest BCUT2D eigenvalue weighted by atomic mass is 9.95. The fourth-order valence-electron chi connectivity index (χ4n) is 3.16. The van der Waals surface area contributed by atoms with Gasteiger partial charge in [-0.15, -0.1) is 0 Å². The zero-order chi connectivity index (χ0) is 11.5. The molecule has 0 heterocycles. The van der Waals surface area contributed by atoms with Gasteiger partial charge >= 0.3 is 0 Å². The second-order valence-electron chi connectivity index (χ2n) is 5.15. The number of carbonyl (C=O) groups is 1. The van der Waals surface area contributed by atoms with Crippen LogP contribution >= 0.6 is 0 Å². The van der Waals surface area contributed by atoms with Crippen molar-refractivity contribution in [3.05, 3.63) is 0 Å². The number of rotatable bonds is 5. The summed E-state index contributed by atoms with van der Waals surface area (Å²) < 4.78 is 5.11. The molecule has 1 amide bonds. The molecular formula is C12H22N2O2. The van der Waals surface area contributed by atoms with Gasteiger partial charge in [0.25, 0.3) is 0 Å². The Morgan fingerprint density at radius 2 is 2.31 bits per heavy atom. The number of hydrogen-bond acceptors (Lipinski definition) is 3. The minimum Gasteiger partial charge on any atom is -0.380 e. The number of hydrogen-bond donors (Lipinski definition) is 2. The maximum atomic E-state index is 11.8. The Kier molecular flexibility index (Phi) is 3.82. The minimum atomic E-state index is -0.140. The van der Waals surface area contributed by atoms with Gasteiger partial charge in [0.05, 0.1) is 12.5 Å². The molecule has 2 aliphatic rings. The first-order chi connectivity index (χ1) is 7.72. The van der Waals surface area contributed by atoms with Gasteiger partial charge in [0.1, 0.15) is 0 Å². The normalized spacial score (nSPS) is 34.0. The maximum absolute atomic E-state index is 11.8. The van der Waals surface area contributed by atoms with Crippen LogP contribution in [0.1, 0.15) is 32.1 Å². The number of methoxy groups -OCH3 is 1. The number of carbonyl (C=O) groups excluding carboxylic acids is 1. The Balaban J connectivity index is 1.75. The lowest BCUT2D eigenvalue weighted by Crippen LogP contribution is -2.41. The van der Waals surface area contributed by atoms with Crippen molar-refractivity contribution in [3.63, 3.8) is 0 Å². The van der Waals surface area contributed by atoms with Gasteiger partial charge < -0.3 is 15.8 Å². The summed E-state index contributed by atoms with van der Waals surface area (Å²) in [4.78, 5) is 11.8. The van der Waals surface area contributed by atoms with Crippen molar-refractivity contribution in [2.24, 2.45) is 17.6 Å². The van der Waals surface area contributed by atoms with Gasteiger partial charge in [0, 0.05) is 19.7 Å². The van der Waals surface area contributed by atoms with Crippen molar-refractivity contribution in [1.29, 1.82) is 0 Å². The Morgan fingerprint density at radius 3 is 2.81 bits per heavy atom. The molecule has 92 valence electrons. The maximum Gasteiger partial charge on any atom is 0.222 e.